The Bertz CT molecular complexity index is 515. The zero-order chi connectivity index (χ0) is 16.3. The first-order valence-electron chi connectivity index (χ1n) is 7.43. The van der Waals surface area contributed by atoms with Gasteiger partial charge in [-0.25, -0.2) is 13.6 Å². The van der Waals surface area contributed by atoms with Crippen molar-refractivity contribution >= 4 is 11.8 Å². The van der Waals surface area contributed by atoms with Crippen molar-refractivity contribution in [3.05, 3.63) is 29.8 Å². The number of alkyl carbamates (subject to hydrolysis) is 1. The molecule has 0 aliphatic carbocycles. The maximum absolute atomic E-state index is 13.2. The zero-order valence-electron chi connectivity index (χ0n) is 13.2. The number of halogens is 2. The number of carbonyl (C=O) groups excluding carboxylic acids is 1. The van der Waals surface area contributed by atoms with E-state index in [1.54, 1.807) is 0 Å². The second kappa shape index (κ2) is 6.50. The summed E-state index contributed by atoms with van der Waals surface area (Å²) in [6.45, 7) is 6.70. The summed E-state index contributed by atoms with van der Waals surface area (Å²) in [7, 11) is 0. The van der Waals surface area contributed by atoms with E-state index in [-0.39, 0.29) is 6.04 Å². The standard InChI is InChI=1S/C16H22F2N2O2/c1-16(2,3)22-15(21)19-13-4-6-20(7-5-13)14-9-11(17)8-12(18)10-14/h8-10,13H,4-7H2,1-3H3,(H,19,21). The summed E-state index contributed by atoms with van der Waals surface area (Å²) < 4.78 is 31.7. The summed E-state index contributed by atoms with van der Waals surface area (Å²) >= 11 is 0. The molecule has 6 heteroatoms. The summed E-state index contributed by atoms with van der Waals surface area (Å²) in [4.78, 5) is 13.6. The van der Waals surface area contributed by atoms with Crippen LogP contribution in [-0.2, 0) is 4.74 Å². The van der Waals surface area contributed by atoms with E-state index in [0.29, 0.717) is 31.6 Å². The lowest BCUT2D eigenvalue weighted by Crippen LogP contribution is -2.46. The summed E-state index contributed by atoms with van der Waals surface area (Å²) in [5.41, 5.74) is 0.0115. The van der Waals surface area contributed by atoms with E-state index in [2.05, 4.69) is 5.32 Å². The number of piperidine rings is 1. The van der Waals surface area contributed by atoms with Gasteiger partial charge in [0, 0.05) is 30.9 Å². The second-order valence-electron chi connectivity index (χ2n) is 6.54. The van der Waals surface area contributed by atoms with Gasteiger partial charge in [0.15, 0.2) is 0 Å². The molecule has 1 N–H and O–H groups in total. The molecule has 22 heavy (non-hydrogen) atoms. The number of ether oxygens (including phenoxy) is 1. The number of anilines is 1. The molecule has 1 heterocycles. The van der Waals surface area contributed by atoms with E-state index < -0.39 is 23.3 Å². The third kappa shape index (κ3) is 4.86. The molecule has 1 amide bonds. The van der Waals surface area contributed by atoms with Gasteiger partial charge < -0.3 is 15.0 Å². The minimum absolute atomic E-state index is 0.0181. The third-order valence-electron chi connectivity index (χ3n) is 3.43. The number of rotatable bonds is 2. The van der Waals surface area contributed by atoms with E-state index >= 15 is 0 Å². The average Bonchev–Trinajstić information content (AvgIpc) is 2.36. The lowest BCUT2D eigenvalue weighted by atomic mass is 10.0. The molecule has 0 aromatic heterocycles. The summed E-state index contributed by atoms with van der Waals surface area (Å²) in [5.74, 6) is -1.16. The van der Waals surface area contributed by atoms with Gasteiger partial charge in [0.25, 0.3) is 0 Å². The first kappa shape index (κ1) is 16.5. The molecule has 0 atom stereocenters. The highest BCUT2D eigenvalue weighted by molar-refractivity contribution is 5.68. The molecule has 1 aromatic rings. The van der Waals surface area contributed by atoms with Gasteiger partial charge in [-0.15, -0.1) is 0 Å². The first-order chi connectivity index (χ1) is 10.2. The number of nitrogens with zero attached hydrogens (tertiary/aromatic N) is 1. The van der Waals surface area contributed by atoms with E-state index in [9.17, 15) is 13.6 Å². The molecule has 1 fully saturated rings. The Balaban J connectivity index is 1.86. The third-order valence-corrected chi connectivity index (χ3v) is 3.43. The van der Waals surface area contributed by atoms with Crippen molar-refractivity contribution < 1.29 is 18.3 Å². The highest BCUT2D eigenvalue weighted by atomic mass is 19.1. The SMILES string of the molecule is CC(C)(C)OC(=O)NC1CCN(c2cc(F)cc(F)c2)CC1. The van der Waals surface area contributed by atoms with Crippen LogP contribution in [0.1, 0.15) is 33.6 Å². The molecular formula is C16H22F2N2O2. The minimum Gasteiger partial charge on any atom is -0.444 e. The van der Waals surface area contributed by atoms with Crippen molar-refractivity contribution in [3.63, 3.8) is 0 Å². The van der Waals surface area contributed by atoms with Gasteiger partial charge in [-0.05, 0) is 45.7 Å². The second-order valence-corrected chi connectivity index (χ2v) is 6.54. The number of benzene rings is 1. The van der Waals surface area contributed by atoms with E-state index in [0.717, 1.165) is 6.07 Å². The molecule has 0 spiro atoms. The lowest BCUT2D eigenvalue weighted by molar-refractivity contribution is 0.0497. The quantitative estimate of drug-likeness (QED) is 0.909. The molecule has 2 rings (SSSR count). The van der Waals surface area contributed by atoms with E-state index in [1.807, 2.05) is 25.7 Å². The molecule has 1 aromatic carbocycles. The Labute approximate surface area is 129 Å². The zero-order valence-corrected chi connectivity index (χ0v) is 13.2. The summed E-state index contributed by atoms with van der Waals surface area (Å²) in [5, 5.41) is 2.83. The molecule has 0 radical (unpaired) electrons. The largest absolute Gasteiger partial charge is 0.444 e. The summed E-state index contributed by atoms with van der Waals surface area (Å²) in [6, 6.07) is 3.53. The number of amides is 1. The van der Waals surface area contributed by atoms with Gasteiger partial charge in [0.1, 0.15) is 17.2 Å². The Morgan fingerprint density at radius 1 is 1.18 bits per heavy atom. The predicted octanol–water partition coefficient (Wildman–Crippen LogP) is 3.46. The minimum atomic E-state index is -0.580. The molecule has 0 bridgehead atoms. The van der Waals surface area contributed by atoms with Crippen LogP contribution in [0.4, 0.5) is 19.3 Å². The fourth-order valence-corrected chi connectivity index (χ4v) is 2.48. The first-order valence-corrected chi connectivity index (χ1v) is 7.43. The van der Waals surface area contributed by atoms with Crippen LogP contribution < -0.4 is 10.2 Å². The Hall–Kier alpha value is -1.85. The van der Waals surface area contributed by atoms with Gasteiger partial charge >= 0.3 is 6.09 Å². The monoisotopic (exact) mass is 312 g/mol. The van der Waals surface area contributed by atoms with Crippen LogP contribution in [0.2, 0.25) is 0 Å². The highest BCUT2D eigenvalue weighted by Gasteiger charge is 2.24. The molecule has 0 saturated carbocycles. The van der Waals surface area contributed by atoms with Crippen molar-refractivity contribution in [1.82, 2.24) is 5.32 Å². The van der Waals surface area contributed by atoms with Crippen molar-refractivity contribution in [2.75, 3.05) is 18.0 Å². The van der Waals surface area contributed by atoms with Crippen LogP contribution in [0.15, 0.2) is 18.2 Å². The molecule has 4 nitrogen and oxygen atoms in total. The van der Waals surface area contributed by atoms with Gasteiger partial charge in [0.2, 0.25) is 0 Å². The van der Waals surface area contributed by atoms with Crippen molar-refractivity contribution in [2.45, 2.75) is 45.3 Å². The van der Waals surface area contributed by atoms with Crippen LogP contribution in [0.3, 0.4) is 0 Å². The normalized spacial score (nSPS) is 16.5. The predicted molar refractivity (Wildman–Crippen MR) is 81.0 cm³/mol. The fraction of sp³-hybridized carbons (Fsp3) is 0.562. The molecule has 1 aliphatic heterocycles. The van der Waals surface area contributed by atoms with Crippen LogP contribution in [0.5, 0.6) is 0 Å². The molecular weight excluding hydrogens is 290 g/mol. The highest BCUT2D eigenvalue weighted by Crippen LogP contribution is 2.22. The Morgan fingerprint density at radius 3 is 2.23 bits per heavy atom. The number of nitrogens with one attached hydrogen (secondary N) is 1. The topological polar surface area (TPSA) is 41.6 Å². The van der Waals surface area contributed by atoms with Crippen LogP contribution in [-0.4, -0.2) is 30.8 Å². The van der Waals surface area contributed by atoms with Crippen molar-refractivity contribution in [1.29, 1.82) is 0 Å². The van der Waals surface area contributed by atoms with Gasteiger partial charge in [-0.1, -0.05) is 0 Å². The smallest absolute Gasteiger partial charge is 0.407 e. The Kier molecular flexibility index (Phi) is 4.88. The average molecular weight is 312 g/mol. The van der Waals surface area contributed by atoms with Crippen molar-refractivity contribution in [3.8, 4) is 0 Å². The van der Waals surface area contributed by atoms with Crippen LogP contribution in [0.25, 0.3) is 0 Å². The molecule has 0 unspecified atom stereocenters. The summed E-state index contributed by atoms with van der Waals surface area (Å²) in [6.07, 6.45) is 0.983. The molecule has 122 valence electrons. The number of hydrogen-bond donors (Lipinski definition) is 1. The van der Waals surface area contributed by atoms with Crippen LogP contribution in [0, 0.1) is 11.6 Å². The molecule has 1 saturated heterocycles. The molecule has 1 aliphatic rings. The maximum Gasteiger partial charge on any atom is 0.407 e. The van der Waals surface area contributed by atoms with Crippen LogP contribution >= 0.6 is 0 Å². The fourth-order valence-electron chi connectivity index (χ4n) is 2.48. The van der Waals surface area contributed by atoms with Gasteiger partial charge in [0.05, 0.1) is 0 Å². The number of carbonyl (C=O) groups is 1. The van der Waals surface area contributed by atoms with Gasteiger partial charge in [-0.2, -0.15) is 0 Å². The van der Waals surface area contributed by atoms with E-state index in [1.165, 1.54) is 12.1 Å². The van der Waals surface area contributed by atoms with E-state index in [4.69, 9.17) is 4.74 Å². The number of hydrogen-bond acceptors (Lipinski definition) is 3. The van der Waals surface area contributed by atoms with Gasteiger partial charge in [-0.3, -0.25) is 0 Å². The Morgan fingerprint density at radius 2 is 1.73 bits per heavy atom. The maximum atomic E-state index is 13.2. The lowest BCUT2D eigenvalue weighted by Gasteiger charge is -2.34. The van der Waals surface area contributed by atoms with Crippen molar-refractivity contribution in [2.24, 2.45) is 0 Å².